The molecule has 0 radical (unpaired) electrons. The average Bonchev–Trinajstić information content (AvgIpc) is 2.94. The number of hydrogen-bond donors (Lipinski definition) is 0. The average molecular weight is 536 g/mol. The molecular formula is C37H77N. The lowest BCUT2D eigenvalue weighted by Crippen LogP contribution is -2.68. The van der Waals surface area contributed by atoms with Gasteiger partial charge in [-0.15, -0.1) is 0 Å². The summed E-state index contributed by atoms with van der Waals surface area (Å²) >= 11 is 0. The first-order valence-electron chi connectivity index (χ1n) is 18.2. The number of hydrogen-bond acceptors (Lipinski definition) is 1. The van der Waals surface area contributed by atoms with Gasteiger partial charge in [0.2, 0.25) is 0 Å². The maximum Gasteiger partial charge on any atom is 0.0273 e. The van der Waals surface area contributed by atoms with E-state index in [1.165, 1.54) is 148 Å². The molecule has 0 aromatic carbocycles. The third-order valence-corrected chi connectivity index (χ3v) is 10.8. The fourth-order valence-electron chi connectivity index (χ4n) is 8.90. The molecule has 0 aliphatic carbocycles. The second-order valence-electron chi connectivity index (χ2n) is 13.0. The van der Waals surface area contributed by atoms with E-state index in [0.29, 0.717) is 16.4 Å². The Hall–Kier alpha value is -0.0400. The van der Waals surface area contributed by atoms with E-state index in [1.54, 1.807) is 0 Å². The van der Waals surface area contributed by atoms with Crippen LogP contribution in [0.25, 0.3) is 0 Å². The van der Waals surface area contributed by atoms with Crippen LogP contribution in [0.4, 0.5) is 0 Å². The Morgan fingerprint density at radius 2 is 0.868 bits per heavy atom. The first-order chi connectivity index (χ1) is 18.4. The summed E-state index contributed by atoms with van der Waals surface area (Å²) in [7, 11) is 0. The molecule has 0 aliphatic heterocycles. The fraction of sp³-hybridized carbons (Fsp3) is 1.00. The van der Waals surface area contributed by atoms with Crippen LogP contribution in [0.1, 0.15) is 210 Å². The van der Waals surface area contributed by atoms with E-state index in [1.807, 2.05) is 0 Å². The van der Waals surface area contributed by atoms with Gasteiger partial charge in [-0.1, -0.05) is 146 Å². The van der Waals surface area contributed by atoms with E-state index in [9.17, 15) is 0 Å². The summed E-state index contributed by atoms with van der Waals surface area (Å²) in [5.41, 5.74) is 1.18. The summed E-state index contributed by atoms with van der Waals surface area (Å²) in [6, 6.07) is 0.738. The normalized spacial score (nSPS) is 14.0. The van der Waals surface area contributed by atoms with Gasteiger partial charge in [0.15, 0.2) is 0 Å². The van der Waals surface area contributed by atoms with Gasteiger partial charge in [-0.25, -0.2) is 0 Å². The summed E-state index contributed by atoms with van der Waals surface area (Å²) in [5, 5.41) is 0. The minimum absolute atomic E-state index is 0.322. The van der Waals surface area contributed by atoms with Crippen molar-refractivity contribution in [2.75, 3.05) is 6.54 Å². The molecular weight excluding hydrogens is 458 g/mol. The number of nitrogens with zero attached hydrogens (tertiary/aromatic N) is 1. The van der Waals surface area contributed by atoms with Gasteiger partial charge in [0, 0.05) is 11.6 Å². The molecule has 1 unspecified atom stereocenters. The standard InChI is InChI=1S/C37H77N/c1-11-21-27-34(18-8)38(33-17-7)37(31-25-15-5,32-26-16-6)36(19-9,20-10)35(28-22-12-2,29-23-13-3)30-24-14-4/h34H,11-33H2,1-10H3. The zero-order chi connectivity index (χ0) is 28.9. The fourth-order valence-corrected chi connectivity index (χ4v) is 8.90. The van der Waals surface area contributed by atoms with Crippen LogP contribution in [0.5, 0.6) is 0 Å². The second kappa shape index (κ2) is 21.7. The van der Waals surface area contributed by atoms with Crippen molar-refractivity contribution in [3.63, 3.8) is 0 Å². The lowest BCUT2D eigenvalue weighted by Gasteiger charge is -2.66. The van der Waals surface area contributed by atoms with Gasteiger partial charge in [0.1, 0.15) is 0 Å². The molecule has 0 saturated carbocycles. The molecule has 0 bridgehead atoms. The molecule has 0 spiro atoms. The molecule has 0 rings (SSSR count). The minimum atomic E-state index is 0.322. The molecule has 1 nitrogen and oxygen atoms in total. The Labute approximate surface area is 244 Å². The van der Waals surface area contributed by atoms with Crippen LogP contribution < -0.4 is 0 Å². The highest BCUT2D eigenvalue weighted by molar-refractivity contribution is 5.13. The second-order valence-corrected chi connectivity index (χ2v) is 13.0. The minimum Gasteiger partial charge on any atom is -0.294 e. The van der Waals surface area contributed by atoms with Crippen molar-refractivity contribution in [3.8, 4) is 0 Å². The molecule has 0 amide bonds. The van der Waals surface area contributed by atoms with Gasteiger partial charge in [-0.2, -0.15) is 0 Å². The Kier molecular flexibility index (Phi) is 21.6. The van der Waals surface area contributed by atoms with Gasteiger partial charge in [-0.05, 0) is 81.6 Å². The van der Waals surface area contributed by atoms with Gasteiger partial charge in [0.25, 0.3) is 0 Å². The largest absolute Gasteiger partial charge is 0.294 e. The molecule has 0 aliphatic rings. The SMILES string of the molecule is CCCCC(CC)N(CCC)C(CCCC)(CCCC)C(CC)(CC)C(CCCC)(CCCC)CCCC. The lowest BCUT2D eigenvalue weighted by atomic mass is 9.45. The maximum atomic E-state index is 3.24. The Bertz CT molecular complexity index is 489. The van der Waals surface area contributed by atoms with E-state index >= 15 is 0 Å². The van der Waals surface area contributed by atoms with E-state index in [-0.39, 0.29) is 0 Å². The number of rotatable bonds is 27. The highest BCUT2D eigenvalue weighted by Crippen LogP contribution is 2.64. The van der Waals surface area contributed by atoms with Crippen molar-refractivity contribution in [1.29, 1.82) is 0 Å². The Morgan fingerprint density at radius 3 is 1.18 bits per heavy atom. The van der Waals surface area contributed by atoms with Crippen LogP contribution in [-0.2, 0) is 0 Å². The van der Waals surface area contributed by atoms with Crippen molar-refractivity contribution in [3.05, 3.63) is 0 Å². The summed E-state index contributed by atoms with van der Waals surface area (Å²) in [5.74, 6) is 0. The van der Waals surface area contributed by atoms with Crippen LogP contribution in [0.3, 0.4) is 0 Å². The summed E-state index contributed by atoms with van der Waals surface area (Å²) in [6.07, 6.45) is 30.3. The highest BCUT2D eigenvalue weighted by Gasteiger charge is 2.61. The molecule has 1 atom stereocenters. The predicted molar refractivity (Wildman–Crippen MR) is 176 cm³/mol. The van der Waals surface area contributed by atoms with Crippen molar-refractivity contribution >= 4 is 0 Å². The van der Waals surface area contributed by atoms with Crippen LogP contribution in [0.15, 0.2) is 0 Å². The third-order valence-electron chi connectivity index (χ3n) is 10.8. The van der Waals surface area contributed by atoms with Crippen molar-refractivity contribution in [2.24, 2.45) is 10.8 Å². The molecule has 0 N–H and O–H groups in total. The van der Waals surface area contributed by atoms with Crippen molar-refractivity contribution in [2.45, 2.75) is 222 Å². The van der Waals surface area contributed by atoms with E-state index < -0.39 is 0 Å². The highest BCUT2D eigenvalue weighted by atomic mass is 15.2. The first-order valence-corrected chi connectivity index (χ1v) is 18.2. The smallest absolute Gasteiger partial charge is 0.0273 e. The monoisotopic (exact) mass is 536 g/mol. The van der Waals surface area contributed by atoms with Crippen molar-refractivity contribution < 1.29 is 0 Å². The van der Waals surface area contributed by atoms with E-state index in [0.717, 1.165) is 6.04 Å². The van der Waals surface area contributed by atoms with E-state index in [4.69, 9.17) is 0 Å². The summed E-state index contributed by atoms with van der Waals surface area (Å²) in [4.78, 5) is 3.24. The van der Waals surface area contributed by atoms with Crippen LogP contribution in [0.2, 0.25) is 0 Å². The van der Waals surface area contributed by atoms with Gasteiger partial charge in [-0.3, -0.25) is 4.90 Å². The van der Waals surface area contributed by atoms with Crippen LogP contribution >= 0.6 is 0 Å². The molecule has 0 heterocycles. The maximum absolute atomic E-state index is 3.24. The molecule has 0 aromatic heterocycles. The molecule has 1 heteroatoms. The molecule has 0 fully saturated rings. The molecule has 0 aromatic rings. The van der Waals surface area contributed by atoms with Crippen LogP contribution in [0, 0.1) is 10.8 Å². The first kappa shape index (κ1) is 38.0. The van der Waals surface area contributed by atoms with E-state index in [2.05, 4.69) is 74.1 Å². The summed E-state index contributed by atoms with van der Waals surface area (Å²) < 4.78 is 0. The zero-order valence-corrected chi connectivity index (χ0v) is 28.8. The predicted octanol–water partition coefficient (Wildman–Crippen LogP) is 13.1. The van der Waals surface area contributed by atoms with Crippen molar-refractivity contribution in [1.82, 2.24) is 4.90 Å². The number of unbranched alkanes of at least 4 members (excludes halogenated alkanes) is 6. The van der Waals surface area contributed by atoms with Gasteiger partial charge < -0.3 is 0 Å². The lowest BCUT2D eigenvalue weighted by molar-refractivity contribution is -0.162. The zero-order valence-electron chi connectivity index (χ0n) is 28.8. The quantitative estimate of drug-likeness (QED) is 0.101. The Morgan fingerprint density at radius 1 is 0.474 bits per heavy atom. The Balaban J connectivity index is 7.63. The van der Waals surface area contributed by atoms with Crippen LogP contribution in [-0.4, -0.2) is 23.0 Å². The summed E-state index contributed by atoms with van der Waals surface area (Å²) in [6.45, 7) is 26.1. The van der Waals surface area contributed by atoms with Gasteiger partial charge in [0.05, 0.1) is 0 Å². The van der Waals surface area contributed by atoms with Gasteiger partial charge >= 0.3 is 0 Å². The topological polar surface area (TPSA) is 3.24 Å². The molecule has 38 heavy (non-hydrogen) atoms. The third kappa shape index (κ3) is 9.52. The molecule has 0 saturated heterocycles. The molecule has 230 valence electrons.